The maximum Gasteiger partial charge on any atom is 0.221 e. The number of benzene rings is 3. The summed E-state index contributed by atoms with van der Waals surface area (Å²) in [4.78, 5) is 17.0. The fourth-order valence-corrected chi connectivity index (χ4v) is 3.47. The molecule has 1 heterocycles. The van der Waals surface area contributed by atoms with Gasteiger partial charge in [-0.3, -0.25) is 4.79 Å². The largest absolute Gasteiger partial charge is 0.497 e. The van der Waals surface area contributed by atoms with Crippen LogP contribution in [0.2, 0.25) is 0 Å². The van der Waals surface area contributed by atoms with Gasteiger partial charge in [-0.05, 0) is 35.4 Å². The molecule has 1 unspecified atom stereocenters. The van der Waals surface area contributed by atoms with Gasteiger partial charge < -0.3 is 14.5 Å². The van der Waals surface area contributed by atoms with Gasteiger partial charge in [0.1, 0.15) is 11.6 Å². The van der Waals surface area contributed by atoms with Crippen LogP contribution in [0.1, 0.15) is 29.5 Å². The van der Waals surface area contributed by atoms with Crippen LogP contribution in [0.3, 0.4) is 0 Å². The number of nitrogens with zero attached hydrogens (tertiary/aromatic N) is 1. The maximum atomic E-state index is 14.0. The first-order valence-electron chi connectivity index (χ1n) is 10.3. The van der Waals surface area contributed by atoms with Crippen LogP contribution < -0.4 is 10.1 Å². The summed E-state index contributed by atoms with van der Waals surface area (Å²) in [6.45, 7) is 0. The number of hydrogen-bond donors (Lipinski definition) is 1. The number of carbonyl (C=O) groups excluding carboxylic acids is 1. The van der Waals surface area contributed by atoms with Gasteiger partial charge in [0.25, 0.3) is 0 Å². The van der Waals surface area contributed by atoms with Crippen LogP contribution in [0.15, 0.2) is 89.5 Å². The summed E-state index contributed by atoms with van der Waals surface area (Å²) in [5, 5.41) is 3.10. The second-order valence-corrected chi connectivity index (χ2v) is 7.28. The van der Waals surface area contributed by atoms with Crippen molar-refractivity contribution in [1.29, 1.82) is 0 Å². The fraction of sp³-hybridized carbons (Fsp3) is 0.154. The van der Waals surface area contributed by atoms with Gasteiger partial charge in [-0.15, -0.1) is 0 Å². The van der Waals surface area contributed by atoms with Gasteiger partial charge in [0.15, 0.2) is 11.7 Å². The standard InChI is InChI=1S/C26H23FN2O3/c1-31-20-13-11-19(12-14-20)26(18-7-3-2-4-8-18)29-24(30)15-16-25-28-17-23(32-25)21-9-5-6-10-22(21)27/h2-14,17,26H,15-16H2,1H3,(H,29,30). The van der Waals surface area contributed by atoms with Gasteiger partial charge in [-0.25, -0.2) is 9.37 Å². The van der Waals surface area contributed by atoms with E-state index >= 15 is 0 Å². The fourth-order valence-electron chi connectivity index (χ4n) is 3.47. The number of carbonyl (C=O) groups is 1. The van der Waals surface area contributed by atoms with Crippen molar-refractivity contribution >= 4 is 5.91 Å². The topological polar surface area (TPSA) is 64.4 Å². The summed E-state index contributed by atoms with van der Waals surface area (Å²) in [7, 11) is 1.62. The number of methoxy groups -OCH3 is 1. The Bertz CT molecular complexity index is 1170. The Kier molecular flexibility index (Phi) is 6.60. The van der Waals surface area contributed by atoms with Gasteiger partial charge in [-0.2, -0.15) is 0 Å². The van der Waals surface area contributed by atoms with Crippen molar-refractivity contribution in [2.24, 2.45) is 0 Å². The average molecular weight is 430 g/mol. The Hall–Kier alpha value is -3.93. The molecule has 6 heteroatoms. The van der Waals surface area contributed by atoms with E-state index in [1.54, 1.807) is 25.3 Å². The van der Waals surface area contributed by atoms with E-state index in [2.05, 4.69) is 10.3 Å². The Balaban J connectivity index is 1.44. The van der Waals surface area contributed by atoms with Crippen LogP contribution in [0.4, 0.5) is 4.39 Å². The van der Waals surface area contributed by atoms with E-state index in [0.29, 0.717) is 23.6 Å². The van der Waals surface area contributed by atoms with Gasteiger partial charge in [0.2, 0.25) is 5.91 Å². The molecule has 5 nitrogen and oxygen atoms in total. The number of aryl methyl sites for hydroxylation is 1. The van der Waals surface area contributed by atoms with E-state index in [1.807, 2.05) is 54.6 Å². The highest BCUT2D eigenvalue weighted by atomic mass is 19.1. The number of rotatable bonds is 8. The molecule has 0 saturated carbocycles. The third-order valence-corrected chi connectivity index (χ3v) is 5.15. The summed E-state index contributed by atoms with van der Waals surface area (Å²) in [6, 6.07) is 23.4. The molecule has 162 valence electrons. The lowest BCUT2D eigenvalue weighted by molar-refractivity contribution is -0.121. The lowest BCUT2D eigenvalue weighted by Crippen LogP contribution is -2.29. The number of nitrogens with one attached hydrogen (secondary N) is 1. The van der Waals surface area contributed by atoms with Crippen molar-refractivity contribution in [2.45, 2.75) is 18.9 Å². The summed E-state index contributed by atoms with van der Waals surface area (Å²) in [5.41, 5.74) is 2.27. The molecule has 0 aliphatic heterocycles. The molecule has 4 aromatic rings. The molecule has 0 aliphatic carbocycles. The minimum Gasteiger partial charge on any atom is -0.497 e. The Morgan fingerprint density at radius 1 is 1.00 bits per heavy atom. The van der Waals surface area contributed by atoms with Crippen molar-refractivity contribution in [3.63, 3.8) is 0 Å². The molecule has 32 heavy (non-hydrogen) atoms. The third kappa shape index (κ3) is 5.03. The number of hydrogen-bond acceptors (Lipinski definition) is 4. The molecule has 1 aromatic heterocycles. The molecule has 1 amide bonds. The van der Waals surface area contributed by atoms with E-state index < -0.39 is 0 Å². The van der Waals surface area contributed by atoms with E-state index in [0.717, 1.165) is 16.9 Å². The van der Waals surface area contributed by atoms with Crippen LogP contribution in [-0.2, 0) is 11.2 Å². The first-order valence-corrected chi connectivity index (χ1v) is 10.3. The van der Waals surface area contributed by atoms with Crippen molar-refractivity contribution in [3.05, 3.63) is 108 Å². The molecule has 0 bridgehead atoms. The van der Waals surface area contributed by atoms with E-state index in [9.17, 15) is 9.18 Å². The predicted octanol–water partition coefficient (Wildman–Crippen LogP) is 5.33. The van der Waals surface area contributed by atoms with Crippen molar-refractivity contribution in [2.75, 3.05) is 7.11 Å². The highest BCUT2D eigenvalue weighted by Gasteiger charge is 2.18. The van der Waals surface area contributed by atoms with Gasteiger partial charge in [0, 0.05) is 12.8 Å². The molecule has 1 N–H and O–H groups in total. The van der Waals surface area contributed by atoms with E-state index in [4.69, 9.17) is 9.15 Å². The molecular weight excluding hydrogens is 407 g/mol. The van der Waals surface area contributed by atoms with Crippen LogP contribution in [0.25, 0.3) is 11.3 Å². The first kappa shape index (κ1) is 21.3. The molecular formula is C26H23FN2O3. The van der Waals surface area contributed by atoms with E-state index in [1.165, 1.54) is 12.3 Å². The number of amides is 1. The second kappa shape index (κ2) is 9.92. The van der Waals surface area contributed by atoms with Gasteiger partial charge in [-0.1, -0.05) is 54.6 Å². The summed E-state index contributed by atoms with van der Waals surface area (Å²) in [6.07, 6.45) is 1.98. The molecule has 0 fully saturated rings. The van der Waals surface area contributed by atoms with Gasteiger partial charge in [0.05, 0.1) is 24.9 Å². The second-order valence-electron chi connectivity index (χ2n) is 7.28. The molecule has 4 rings (SSSR count). The quantitative estimate of drug-likeness (QED) is 0.411. The maximum absolute atomic E-state index is 14.0. The van der Waals surface area contributed by atoms with Crippen LogP contribution in [0.5, 0.6) is 5.75 Å². The first-order chi connectivity index (χ1) is 15.6. The molecule has 0 saturated heterocycles. The molecule has 0 radical (unpaired) electrons. The zero-order chi connectivity index (χ0) is 22.3. The number of aromatic nitrogens is 1. The zero-order valence-electron chi connectivity index (χ0n) is 17.6. The van der Waals surface area contributed by atoms with Crippen LogP contribution in [0, 0.1) is 5.82 Å². The number of halogens is 1. The Labute approximate surface area is 185 Å². The van der Waals surface area contributed by atoms with Crippen LogP contribution in [-0.4, -0.2) is 18.0 Å². The Morgan fingerprint density at radius 2 is 1.69 bits per heavy atom. The van der Waals surface area contributed by atoms with Crippen LogP contribution >= 0.6 is 0 Å². The van der Waals surface area contributed by atoms with E-state index in [-0.39, 0.29) is 24.2 Å². The van der Waals surface area contributed by atoms with Gasteiger partial charge >= 0.3 is 0 Å². The number of oxazole rings is 1. The minimum absolute atomic E-state index is 0.139. The summed E-state index contributed by atoms with van der Waals surface area (Å²) >= 11 is 0. The molecule has 0 aliphatic rings. The average Bonchev–Trinajstić information content (AvgIpc) is 3.31. The highest BCUT2D eigenvalue weighted by molar-refractivity contribution is 5.77. The molecule has 0 spiro atoms. The molecule has 1 atom stereocenters. The minimum atomic E-state index is -0.377. The highest BCUT2D eigenvalue weighted by Crippen LogP contribution is 2.25. The van der Waals surface area contributed by atoms with Crippen molar-refractivity contribution in [1.82, 2.24) is 10.3 Å². The summed E-state index contributed by atoms with van der Waals surface area (Å²) in [5.74, 6) is 0.970. The zero-order valence-corrected chi connectivity index (χ0v) is 17.6. The molecule has 3 aromatic carbocycles. The normalized spacial score (nSPS) is 11.7. The summed E-state index contributed by atoms with van der Waals surface area (Å²) < 4.78 is 24.8. The number of ether oxygens (including phenoxy) is 1. The van der Waals surface area contributed by atoms with Crippen molar-refractivity contribution in [3.8, 4) is 17.1 Å². The lowest BCUT2D eigenvalue weighted by atomic mass is 9.98. The smallest absolute Gasteiger partial charge is 0.221 e. The Morgan fingerprint density at radius 3 is 2.41 bits per heavy atom. The monoisotopic (exact) mass is 430 g/mol. The SMILES string of the molecule is COc1ccc(C(NC(=O)CCc2ncc(-c3ccccc3F)o2)c2ccccc2)cc1. The lowest BCUT2D eigenvalue weighted by Gasteiger charge is -2.20. The predicted molar refractivity (Wildman–Crippen MR) is 120 cm³/mol. The third-order valence-electron chi connectivity index (χ3n) is 5.15. The van der Waals surface area contributed by atoms with Crippen molar-refractivity contribution < 1.29 is 18.3 Å².